The van der Waals surface area contributed by atoms with Gasteiger partial charge in [-0.25, -0.2) is 5.11 Å². The molecule has 1 unspecified atom stereocenters. The summed E-state index contributed by atoms with van der Waals surface area (Å²) in [5, 5.41) is 27.7. The lowest BCUT2D eigenvalue weighted by Gasteiger charge is -2.04. The minimum absolute atomic E-state index is 0.206. The normalized spacial score (nSPS) is 23.2. The number of hydrogen-bond donors (Lipinski definition) is 1. The van der Waals surface area contributed by atoms with Crippen LogP contribution in [0, 0.1) is 15.5 Å². The summed E-state index contributed by atoms with van der Waals surface area (Å²) in [6, 6.07) is 0. The number of allylic oxidation sites excluding steroid dienone is 1. The first-order chi connectivity index (χ1) is 5.11. The molecular formula is C6H5N2O3. The van der Waals surface area contributed by atoms with Gasteiger partial charge >= 0.3 is 0 Å². The summed E-state index contributed by atoms with van der Waals surface area (Å²) >= 11 is 0. The average Bonchev–Trinajstić information content (AvgIpc) is 1.94. The van der Waals surface area contributed by atoms with Gasteiger partial charge in [-0.2, -0.15) is 0 Å². The number of nitrogens with one attached hydrogen (secondary N) is 1. The summed E-state index contributed by atoms with van der Waals surface area (Å²) in [6.45, 7) is 0. The first-order valence-corrected chi connectivity index (χ1v) is 2.90. The minimum Gasteiger partial charge on any atom is -0.302 e. The van der Waals surface area contributed by atoms with Crippen molar-refractivity contribution in [2.45, 2.75) is 6.10 Å². The molecule has 0 aromatic heterocycles. The van der Waals surface area contributed by atoms with Gasteiger partial charge in [0.1, 0.15) is 0 Å². The number of hydrogen-bond acceptors (Lipinski definition) is 3. The molecule has 57 valence electrons. The molecule has 0 bridgehead atoms. The summed E-state index contributed by atoms with van der Waals surface area (Å²) in [5.41, 5.74) is -0.471. The molecule has 1 radical (unpaired) electrons. The van der Waals surface area contributed by atoms with Crippen LogP contribution in [0.15, 0.2) is 23.9 Å². The maximum absolute atomic E-state index is 10.7. The molecule has 11 heavy (non-hydrogen) atoms. The Morgan fingerprint density at radius 1 is 1.64 bits per heavy atom. The highest BCUT2D eigenvalue weighted by molar-refractivity contribution is 5.98. The van der Waals surface area contributed by atoms with Crippen LogP contribution in [-0.4, -0.2) is 16.7 Å². The molecule has 1 aliphatic rings. The zero-order valence-electron chi connectivity index (χ0n) is 5.48. The van der Waals surface area contributed by atoms with Gasteiger partial charge < -0.3 is 5.41 Å². The van der Waals surface area contributed by atoms with E-state index >= 15 is 0 Å². The molecule has 0 spiro atoms. The van der Waals surface area contributed by atoms with Crippen molar-refractivity contribution >= 4 is 5.71 Å². The van der Waals surface area contributed by atoms with Crippen LogP contribution in [0.2, 0.25) is 0 Å². The standard InChI is InChI=1S/C6H5N2O3/c7-5-3-4(8(10)11)1-2-6(5)9/h1-3,6-7H. The molecule has 1 atom stereocenters. The monoisotopic (exact) mass is 153 g/mol. The maximum Gasteiger partial charge on any atom is 0.271 e. The van der Waals surface area contributed by atoms with E-state index in [-0.39, 0.29) is 11.4 Å². The Kier molecular flexibility index (Phi) is 1.82. The van der Waals surface area contributed by atoms with Gasteiger partial charge in [0.2, 0.25) is 0 Å². The van der Waals surface area contributed by atoms with E-state index in [1.165, 1.54) is 0 Å². The lowest BCUT2D eigenvalue weighted by atomic mass is 10.1. The summed E-state index contributed by atoms with van der Waals surface area (Å²) in [6.07, 6.45) is 1.94. The Bertz CT molecular complexity index is 267. The van der Waals surface area contributed by atoms with Crippen LogP contribution < -0.4 is 0 Å². The van der Waals surface area contributed by atoms with Crippen molar-refractivity contribution in [3.05, 3.63) is 34.0 Å². The molecule has 1 rings (SSSR count). The van der Waals surface area contributed by atoms with Crippen LogP contribution in [0.5, 0.6) is 0 Å². The van der Waals surface area contributed by atoms with Crippen molar-refractivity contribution in [3.8, 4) is 0 Å². The lowest BCUT2D eigenvalue weighted by Crippen LogP contribution is -2.17. The van der Waals surface area contributed by atoms with E-state index in [1.807, 2.05) is 0 Å². The summed E-state index contributed by atoms with van der Waals surface area (Å²) in [4.78, 5) is 9.47. The van der Waals surface area contributed by atoms with Gasteiger partial charge in [0.15, 0.2) is 6.10 Å². The summed E-state index contributed by atoms with van der Waals surface area (Å²) in [5.74, 6) is 0. The predicted octanol–water partition coefficient (Wildman–Crippen LogP) is 0.536. The molecule has 0 fully saturated rings. The maximum atomic E-state index is 10.7. The van der Waals surface area contributed by atoms with Gasteiger partial charge in [-0.1, -0.05) is 0 Å². The fourth-order valence-corrected chi connectivity index (χ4v) is 0.693. The van der Waals surface area contributed by atoms with Gasteiger partial charge in [-0.3, -0.25) is 10.1 Å². The van der Waals surface area contributed by atoms with E-state index in [4.69, 9.17) is 5.41 Å². The Morgan fingerprint density at radius 2 is 2.27 bits per heavy atom. The molecule has 0 aromatic rings. The third-order valence-corrected chi connectivity index (χ3v) is 1.26. The van der Waals surface area contributed by atoms with E-state index < -0.39 is 11.0 Å². The molecule has 0 saturated heterocycles. The van der Waals surface area contributed by atoms with Crippen LogP contribution in [0.25, 0.3) is 0 Å². The third-order valence-electron chi connectivity index (χ3n) is 1.26. The van der Waals surface area contributed by atoms with Crippen LogP contribution in [0.4, 0.5) is 0 Å². The van der Waals surface area contributed by atoms with E-state index in [9.17, 15) is 15.2 Å². The molecule has 0 heterocycles. The number of nitro groups is 1. The van der Waals surface area contributed by atoms with Gasteiger partial charge in [0.05, 0.1) is 10.6 Å². The topological polar surface area (TPSA) is 86.9 Å². The van der Waals surface area contributed by atoms with Gasteiger partial charge in [-0.15, -0.1) is 0 Å². The van der Waals surface area contributed by atoms with Gasteiger partial charge in [-0.05, 0) is 6.08 Å². The van der Waals surface area contributed by atoms with Crippen molar-refractivity contribution < 1.29 is 10.0 Å². The van der Waals surface area contributed by atoms with Crippen molar-refractivity contribution in [2.75, 3.05) is 0 Å². The highest BCUT2D eigenvalue weighted by Crippen LogP contribution is 2.08. The van der Waals surface area contributed by atoms with Crippen molar-refractivity contribution in [1.82, 2.24) is 0 Å². The van der Waals surface area contributed by atoms with E-state index in [2.05, 4.69) is 0 Å². The smallest absolute Gasteiger partial charge is 0.271 e. The summed E-state index contributed by atoms with van der Waals surface area (Å²) < 4.78 is 0. The molecule has 1 N–H and O–H groups in total. The lowest BCUT2D eigenvalue weighted by molar-refractivity contribution is -0.419. The molecule has 5 heteroatoms. The van der Waals surface area contributed by atoms with Crippen molar-refractivity contribution in [3.63, 3.8) is 0 Å². The van der Waals surface area contributed by atoms with Crippen molar-refractivity contribution in [2.24, 2.45) is 0 Å². The quantitative estimate of drug-likeness (QED) is 0.440. The highest BCUT2D eigenvalue weighted by atomic mass is 16.6. The second kappa shape index (κ2) is 2.63. The van der Waals surface area contributed by atoms with Crippen LogP contribution in [-0.2, 0) is 5.11 Å². The van der Waals surface area contributed by atoms with E-state index in [1.54, 1.807) is 0 Å². The molecule has 0 saturated carbocycles. The highest BCUT2D eigenvalue weighted by Gasteiger charge is 2.18. The van der Waals surface area contributed by atoms with Gasteiger partial charge in [0, 0.05) is 12.2 Å². The third kappa shape index (κ3) is 1.50. The molecule has 1 aliphatic carbocycles. The number of nitrogens with zero attached hydrogens (tertiary/aromatic N) is 1. The minimum atomic E-state index is -1.25. The first kappa shape index (κ1) is 7.62. The Labute approximate surface area is 62.3 Å². The SMILES string of the molecule is N=C1C=C([N+](=O)[O-])C=CC1[O]. The van der Waals surface area contributed by atoms with E-state index in [0.717, 1.165) is 18.2 Å². The Morgan fingerprint density at radius 3 is 2.73 bits per heavy atom. The zero-order valence-corrected chi connectivity index (χ0v) is 5.48. The fraction of sp³-hybridized carbons (Fsp3) is 0.167. The molecule has 0 amide bonds. The zero-order chi connectivity index (χ0) is 8.43. The Balaban J connectivity index is 2.89. The van der Waals surface area contributed by atoms with Crippen LogP contribution >= 0.6 is 0 Å². The van der Waals surface area contributed by atoms with E-state index in [0.29, 0.717) is 0 Å². The second-order valence-electron chi connectivity index (χ2n) is 2.06. The predicted molar refractivity (Wildman–Crippen MR) is 36.4 cm³/mol. The first-order valence-electron chi connectivity index (χ1n) is 2.90. The number of rotatable bonds is 1. The largest absolute Gasteiger partial charge is 0.302 e. The molecule has 5 nitrogen and oxygen atoms in total. The molecular weight excluding hydrogens is 148 g/mol. The van der Waals surface area contributed by atoms with Crippen LogP contribution in [0.1, 0.15) is 0 Å². The van der Waals surface area contributed by atoms with Crippen LogP contribution in [0.3, 0.4) is 0 Å². The van der Waals surface area contributed by atoms with Gasteiger partial charge in [0.25, 0.3) is 5.70 Å². The molecule has 0 aliphatic heterocycles. The fourth-order valence-electron chi connectivity index (χ4n) is 0.693. The second-order valence-corrected chi connectivity index (χ2v) is 2.06. The average molecular weight is 153 g/mol. The van der Waals surface area contributed by atoms with Crippen molar-refractivity contribution in [1.29, 1.82) is 5.41 Å². The Hall–Kier alpha value is -1.49. The summed E-state index contributed by atoms with van der Waals surface area (Å²) in [7, 11) is 0. The molecule has 0 aromatic carbocycles.